The van der Waals surface area contributed by atoms with Crippen molar-refractivity contribution >= 4 is 18.6 Å². The van der Waals surface area contributed by atoms with E-state index in [2.05, 4.69) is 17.4 Å². The number of hydrogen-bond donors (Lipinski definition) is 0. The highest BCUT2D eigenvalue weighted by Gasteiger charge is 2.25. The maximum atomic E-state index is 9.75. The van der Waals surface area contributed by atoms with Crippen LogP contribution in [0, 0.1) is 0 Å². The molecule has 1 aromatic heterocycles. The Bertz CT molecular complexity index is 373. The summed E-state index contributed by atoms with van der Waals surface area (Å²) in [6.07, 6.45) is 11.1. The largest absolute Gasteiger partial charge is 0.673 e. The standard InChI is InChI=1S/C13H17S.BF4/c1-3-7-12-10(5-1)9-11-6-2-4-8-13(11)14-12;2-1(3,4)5/h9H,1-8H2;/q+1;-1. The summed E-state index contributed by atoms with van der Waals surface area (Å²) in [6, 6.07) is 2.53. The maximum absolute atomic E-state index is 9.75. The molecule has 0 aromatic carbocycles. The predicted molar refractivity (Wildman–Crippen MR) is 72.2 cm³/mol. The highest BCUT2D eigenvalue weighted by atomic mass is 32.1. The zero-order valence-electron chi connectivity index (χ0n) is 10.7. The van der Waals surface area contributed by atoms with Crippen LogP contribution in [0.2, 0.25) is 0 Å². The Morgan fingerprint density at radius 2 is 1.11 bits per heavy atom. The molecule has 1 aromatic rings. The third-order valence-corrected chi connectivity index (χ3v) is 4.94. The van der Waals surface area contributed by atoms with E-state index in [0.717, 1.165) is 0 Å². The fourth-order valence-corrected chi connectivity index (χ4v) is 4.07. The lowest BCUT2D eigenvalue weighted by Crippen LogP contribution is -2.07. The lowest BCUT2D eigenvalue weighted by molar-refractivity contribution is 0.368. The fraction of sp³-hybridized carbons (Fsp3) is 0.615. The first-order valence-electron chi connectivity index (χ1n) is 6.77. The number of halogens is 4. The zero-order valence-corrected chi connectivity index (χ0v) is 11.5. The van der Waals surface area contributed by atoms with E-state index in [1.54, 1.807) is 20.9 Å². The van der Waals surface area contributed by atoms with Gasteiger partial charge in [0.05, 0.1) is 0 Å². The van der Waals surface area contributed by atoms with E-state index in [9.17, 15) is 17.3 Å². The molecule has 0 saturated heterocycles. The van der Waals surface area contributed by atoms with Gasteiger partial charge < -0.3 is 17.3 Å². The Labute approximate surface area is 115 Å². The van der Waals surface area contributed by atoms with Crippen LogP contribution in [0.1, 0.15) is 46.6 Å². The van der Waals surface area contributed by atoms with Crippen molar-refractivity contribution in [3.8, 4) is 0 Å². The molecule has 19 heavy (non-hydrogen) atoms. The van der Waals surface area contributed by atoms with Crippen LogP contribution in [-0.2, 0) is 25.7 Å². The van der Waals surface area contributed by atoms with E-state index in [0.29, 0.717) is 0 Å². The van der Waals surface area contributed by atoms with Crippen molar-refractivity contribution in [3.63, 3.8) is 0 Å². The van der Waals surface area contributed by atoms with Crippen LogP contribution in [-0.4, -0.2) is 7.25 Å². The van der Waals surface area contributed by atoms with Crippen LogP contribution in [0.25, 0.3) is 0 Å². The van der Waals surface area contributed by atoms with Gasteiger partial charge in [-0.15, -0.1) is 0 Å². The van der Waals surface area contributed by atoms with Gasteiger partial charge in [-0.25, -0.2) is 0 Å². The molecule has 6 heteroatoms. The van der Waals surface area contributed by atoms with Gasteiger partial charge in [-0.2, -0.15) is 0 Å². The van der Waals surface area contributed by atoms with Gasteiger partial charge in [0.1, 0.15) is 0 Å². The molecule has 0 saturated carbocycles. The van der Waals surface area contributed by atoms with E-state index in [1.165, 1.54) is 51.4 Å². The normalized spacial score (nSPS) is 17.9. The minimum Gasteiger partial charge on any atom is -0.418 e. The van der Waals surface area contributed by atoms with E-state index in [4.69, 9.17) is 0 Å². The number of aryl methyl sites for hydroxylation is 4. The molecule has 0 fully saturated rings. The molecule has 0 aliphatic heterocycles. The Morgan fingerprint density at radius 3 is 1.53 bits per heavy atom. The summed E-state index contributed by atoms with van der Waals surface area (Å²) in [5.74, 6) is 0. The van der Waals surface area contributed by atoms with Crippen LogP contribution in [0.3, 0.4) is 0 Å². The monoisotopic (exact) mass is 292 g/mol. The highest BCUT2D eigenvalue weighted by Crippen LogP contribution is 2.33. The van der Waals surface area contributed by atoms with E-state index in [1.807, 2.05) is 0 Å². The van der Waals surface area contributed by atoms with Gasteiger partial charge in [-0.3, -0.25) is 0 Å². The first-order valence-corrected chi connectivity index (χ1v) is 7.59. The molecule has 0 spiro atoms. The molecule has 0 N–H and O–H groups in total. The lowest BCUT2D eigenvalue weighted by Gasteiger charge is -2.14. The molecule has 0 atom stereocenters. The SMILES string of the molecule is F[B-](F)(F)F.c1c2c([s+]c3c1CCCC3)CCCC2. The second-order valence-electron chi connectivity index (χ2n) is 5.05. The molecule has 0 bridgehead atoms. The fourth-order valence-electron chi connectivity index (χ4n) is 2.70. The van der Waals surface area contributed by atoms with Crippen LogP contribution in [0.15, 0.2) is 6.07 Å². The molecule has 2 aliphatic rings. The summed E-state index contributed by atoms with van der Waals surface area (Å²) in [5, 5.41) is 0. The van der Waals surface area contributed by atoms with Crippen molar-refractivity contribution in [2.24, 2.45) is 0 Å². The van der Waals surface area contributed by atoms with E-state index < -0.39 is 7.25 Å². The van der Waals surface area contributed by atoms with E-state index >= 15 is 0 Å². The number of fused-ring (bicyclic) bond motifs is 2. The molecule has 0 unspecified atom stereocenters. The van der Waals surface area contributed by atoms with E-state index in [-0.39, 0.29) is 0 Å². The molecule has 106 valence electrons. The Hall–Kier alpha value is -0.645. The zero-order chi connectivity index (χ0) is 13.9. The number of rotatable bonds is 0. The van der Waals surface area contributed by atoms with Crippen molar-refractivity contribution < 1.29 is 17.3 Å². The van der Waals surface area contributed by atoms with Gasteiger partial charge in [-0.1, -0.05) is 0 Å². The summed E-state index contributed by atoms with van der Waals surface area (Å²) in [7, 11) is -6.00. The Balaban J connectivity index is 0.000000232. The van der Waals surface area contributed by atoms with Crippen molar-refractivity contribution in [1.82, 2.24) is 0 Å². The molecule has 0 radical (unpaired) electrons. The van der Waals surface area contributed by atoms with Gasteiger partial charge >= 0.3 is 7.25 Å². The maximum Gasteiger partial charge on any atom is 0.673 e. The van der Waals surface area contributed by atoms with Gasteiger partial charge in [0, 0.05) is 24.0 Å². The van der Waals surface area contributed by atoms with Crippen LogP contribution in [0.5, 0.6) is 0 Å². The summed E-state index contributed by atoms with van der Waals surface area (Å²) in [4.78, 5) is 3.41. The van der Waals surface area contributed by atoms with Crippen LogP contribution >= 0.6 is 11.3 Å². The van der Waals surface area contributed by atoms with Crippen molar-refractivity contribution in [2.45, 2.75) is 51.4 Å². The van der Waals surface area contributed by atoms with Crippen LogP contribution in [0.4, 0.5) is 17.3 Å². The average molecular weight is 292 g/mol. The second kappa shape index (κ2) is 6.20. The summed E-state index contributed by atoms with van der Waals surface area (Å²) < 4.78 is 39.0. The van der Waals surface area contributed by atoms with Gasteiger partial charge in [-0.05, 0) is 44.6 Å². The summed E-state index contributed by atoms with van der Waals surface area (Å²) in [5.41, 5.74) is 3.36. The molecular formula is C13H17BF4S. The van der Waals surface area contributed by atoms with Gasteiger partial charge in [0.2, 0.25) is 21.1 Å². The Kier molecular flexibility index (Phi) is 4.82. The molecule has 2 aliphatic carbocycles. The quantitative estimate of drug-likeness (QED) is 0.355. The molecule has 1 heterocycles. The van der Waals surface area contributed by atoms with Crippen LogP contribution < -0.4 is 0 Å². The predicted octanol–water partition coefficient (Wildman–Crippen LogP) is 5.09. The third kappa shape index (κ3) is 4.75. The number of hydrogen-bond acceptors (Lipinski definition) is 0. The first kappa shape index (κ1) is 14.8. The topological polar surface area (TPSA) is 0 Å². The van der Waals surface area contributed by atoms with Crippen molar-refractivity contribution in [2.75, 3.05) is 0 Å². The highest BCUT2D eigenvalue weighted by molar-refractivity contribution is 7.11. The molecule has 0 amide bonds. The van der Waals surface area contributed by atoms with Crippen molar-refractivity contribution in [1.29, 1.82) is 0 Å². The lowest BCUT2D eigenvalue weighted by atomic mass is 9.93. The minimum absolute atomic E-state index is 1.35. The summed E-state index contributed by atoms with van der Waals surface area (Å²) >= 11 is 2.13. The third-order valence-electron chi connectivity index (χ3n) is 3.51. The average Bonchev–Trinajstić information content (AvgIpc) is 2.34. The van der Waals surface area contributed by atoms with Gasteiger partial charge in [0.15, 0.2) is 0 Å². The minimum atomic E-state index is -6.00. The van der Waals surface area contributed by atoms with Gasteiger partial charge in [0.25, 0.3) is 0 Å². The molecule has 0 nitrogen and oxygen atoms in total. The van der Waals surface area contributed by atoms with Crippen molar-refractivity contribution in [3.05, 3.63) is 26.9 Å². The second-order valence-corrected chi connectivity index (χ2v) is 6.24. The summed E-state index contributed by atoms with van der Waals surface area (Å²) in [6.45, 7) is 0. The molecule has 3 rings (SSSR count). The Morgan fingerprint density at radius 1 is 0.737 bits per heavy atom. The molecular weight excluding hydrogens is 275 g/mol. The first-order chi connectivity index (χ1) is 8.93. The smallest absolute Gasteiger partial charge is 0.418 e.